The number of hydrogen-bond donors (Lipinski definition) is 1. The number of nitrogens with zero attached hydrogens (tertiary/aromatic N) is 1. The van der Waals surface area contributed by atoms with E-state index in [2.05, 4.69) is 10.5 Å². The zero-order chi connectivity index (χ0) is 25.8. The van der Waals surface area contributed by atoms with Crippen LogP contribution < -0.4 is 24.4 Å². The predicted octanol–water partition coefficient (Wildman–Crippen LogP) is 5.28. The third-order valence-electron chi connectivity index (χ3n) is 4.60. The average Bonchev–Trinajstić information content (AvgIpc) is 2.88. The van der Waals surface area contributed by atoms with E-state index in [0.29, 0.717) is 46.6 Å². The lowest BCUT2D eigenvalue weighted by Crippen LogP contribution is -2.24. The lowest BCUT2D eigenvalue weighted by Gasteiger charge is -2.12. The Morgan fingerprint density at radius 2 is 1.72 bits per heavy atom. The summed E-state index contributed by atoms with van der Waals surface area (Å²) in [6, 6.07) is 18.4. The molecule has 8 nitrogen and oxygen atoms in total. The quantitative estimate of drug-likeness (QED) is 0.154. The second-order valence-corrected chi connectivity index (χ2v) is 7.88. The third kappa shape index (κ3) is 8.32. The van der Waals surface area contributed by atoms with E-state index in [-0.39, 0.29) is 12.4 Å². The molecule has 0 aliphatic rings. The van der Waals surface area contributed by atoms with Crippen LogP contribution in [0.5, 0.6) is 23.0 Å². The number of amides is 1. The highest BCUT2D eigenvalue weighted by atomic mass is 35.5. The molecule has 3 rings (SSSR count). The van der Waals surface area contributed by atoms with Gasteiger partial charge in [0, 0.05) is 5.02 Å². The first-order chi connectivity index (χ1) is 17.5. The van der Waals surface area contributed by atoms with Crippen molar-refractivity contribution >= 4 is 29.7 Å². The fourth-order valence-corrected chi connectivity index (χ4v) is 3.12. The molecule has 0 fully saturated rings. The summed E-state index contributed by atoms with van der Waals surface area (Å²) in [5, 5.41) is 4.45. The maximum Gasteiger partial charge on any atom is 0.343 e. The van der Waals surface area contributed by atoms with Gasteiger partial charge in [-0.3, -0.25) is 4.79 Å². The van der Waals surface area contributed by atoms with Crippen molar-refractivity contribution < 1.29 is 28.5 Å². The summed E-state index contributed by atoms with van der Waals surface area (Å²) in [6.45, 7) is 4.60. The topological polar surface area (TPSA) is 95.5 Å². The minimum atomic E-state index is -0.522. The first-order valence-corrected chi connectivity index (χ1v) is 11.8. The minimum Gasteiger partial charge on any atom is -0.494 e. The molecule has 0 bridgehead atoms. The zero-order valence-electron chi connectivity index (χ0n) is 20.0. The van der Waals surface area contributed by atoms with Crippen molar-refractivity contribution in [1.82, 2.24) is 5.43 Å². The molecule has 1 amide bonds. The van der Waals surface area contributed by atoms with Crippen molar-refractivity contribution in [3.05, 3.63) is 82.9 Å². The Kier molecular flexibility index (Phi) is 10.1. The molecule has 0 radical (unpaired) electrons. The van der Waals surface area contributed by atoms with Crippen molar-refractivity contribution in [3.63, 3.8) is 0 Å². The standard InChI is InChI=1S/C27H27ClN2O6/c1-3-14-34-22-11-9-20(10-12-22)27(32)36-24-13-8-19(15-25(24)33-4-2)17-29-30-26(31)18-35-23-7-5-6-21(28)16-23/h5-13,15-17H,3-4,14,18H2,1-2H3,(H,30,31). The van der Waals surface area contributed by atoms with Crippen LogP contribution in [0, 0.1) is 0 Å². The monoisotopic (exact) mass is 510 g/mol. The molecule has 3 aromatic rings. The molecule has 0 unspecified atom stereocenters. The fraction of sp³-hybridized carbons (Fsp3) is 0.222. The normalized spacial score (nSPS) is 10.6. The molecule has 0 atom stereocenters. The van der Waals surface area contributed by atoms with Crippen molar-refractivity contribution in [1.29, 1.82) is 0 Å². The van der Waals surface area contributed by atoms with Gasteiger partial charge in [-0.1, -0.05) is 24.6 Å². The van der Waals surface area contributed by atoms with E-state index in [1.807, 2.05) is 13.8 Å². The van der Waals surface area contributed by atoms with Gasteiger partial charge in [-0.15, -0.1) is 0 Å². The van der Waals surface area contributed by atoms with Crippen LogP contribution in [0.1, 0.15) is 36.2 Å². The Morgan fingerprint density at radius 1 is 0.917 bits per heavy atom. The minimum absolute atomic E-state index is 0.220. The Labute approximate surface area is 214 Å². The summed E-state index contributed by atoms with van der Waals surface area (Å²) in [5.74, 6) is 0.848. The van der Waals surface area contributed by atoms with Gasteiger partial charge >= 0.3 is 5.97 Å². The van der Waals surface area contributed by atoms with Crippen LogP contribution in [0.15, 0.2) is 71.8 Å². The smallest absolute Gasteiger partial charge is 0.343 e. The first kappa shape index (κ1) is 26.6. The summed E-state index contributed by atoms with van der Waals surface area (Å²) in [4.78, 5) is 24.6. The van der Waals surface area contributed by atoms with E-state index in [1.165, 1.54) is 6.21 Å². The summed E-state index contributed by atoms with van der Waals surface area (Å²) in [7, 11) is 0. The molecule has 0 aliphatic heterocycles. The zero-order valence-corrected chi connectivity index (χ0v) is 20.8. The van der Waals surface area contributed by atoms with Crippen molar-refractivity contribution in [2.75, 3.05) is 19.8 Å². The Hall–Kier alpha value is -4.04. The number of hydrogen-bond acceptors (Lipinski definition) is 7. The molecule has 36 heavy (non-hydrogen) atoms. The molecular formula is C27H27ClN2O6. The number of esters is 1. The van der Waals surface area contributed by atoms with Gasteiger partial charge in [0.05, 0.1) is 25.0 Å². The Bertz CT molecular complexity index is 1200. The van der Waals surface area contributed by atoms with Crippen molar-refractivity contribution in [3.8, 4) is 23.0 Å². The highest BCUT2D eigenvalue weighted by molar-refractivity contribution is 6.30. The van der Waals surface area contributed by atoms with Crippen molar-refractivity contribution in [2.45, 2.75) is 20.3 Å². The predicted molar refractivity (Wildman–Crippen MR) is 137 cm³/mol. The van der Waals surface area contributed by atoms with E-state index in [0.717, 1.165) is 6.42 Å². The van der Waals surface area contributed by atoms with Crippen LogP contribution >= 0.6 is 11.6 Å². The summed E-state index contributed by atoms with van der Waals surface area (Å²) in [5.41, 5.74) is 3.40. The van der Waals surface area contributed by atoms with Crippen LogP contribution in [0.3, 0.4) is 0 Å². The van der Waals surface area contributed by atoms with Gasteiger partial charge in [-0.25, -0.2) is 10.2 Å². The second-order valence-electron chi connectivity index (χ2n) is 7.44. The van der Waals surface area contributed by atoms with E-state index in [4.69, 9.17) is 30.5 Å². The summed E-state index contributed by atoms with van der Waals surface area (Å²) in [6.07, 6.45) is 2.34. The molecular weight excluding hydrogens is 484 g/mol. The number of halogens is 1. The highest BCUT2D eigenvalue weighted by Gasteiger charge is 2.13. The van der Waals surface area contributed by atoms with Gasteiger partial charge < -0.3 is 18.9 Å². The summed E-state index contributed by atoms with van der Waals surface area (Å²) < 4.78 is 22.1. The molecule has 188 valence electrons. The van der Waals surface area contributed by atoms with E-state index in [9.17, 15) is 9.59 Å². The molecule has 9 heteroatoms. The van der Waals surface area contributed by atoms with Gasteiger partial charge in [-0.2, -0.15) is 5.10 Å². The van der Waals surface area contributed by atoms with Crippen molar-refractivity contribution in [2.24, 2.45) is 5.10 Å². The van der Waals surface area contributed by atoms with E-state index < -0.39 is 11.9 Å². The molecule has 0 saturated heterocycles. The molecule has 0 aliphatic carbocycles. The lowest BCUT2D eigenvalue weighted by atomic mass is 10.2. The maximum atomic E-state index is 12.6. The molecule has 3 aromatic carbocycles. The lowest BCUT2D eigenvalue weighted by molar-refractivity contribution is -0.123. The largest absolute Gasteiger partial charge is 0.494 e. The average molecular weight is 511 g/mol. The van der Waals surface area contributed by atoms with Crippen LogP contribution in [0.4, 0.5) is 0 Å². The van der Waals surface area contributed by atoms with Crippen LogP contribution in [0.25, 0.3) is 0 Å². The molecule has 1 N–H and O–H groups in total. The number of hydrazone groups is 1. The second kappa shape index (κ2) is 13.7. The maximum absolute atomic E-state index is 12.6. The number of ether oxygens (including phenoxy) is 4. The fourth-order valence-electron chi connectivity index (χ4n) is 2.94. The number of benzene rings is 3. The summed E-state index contributed by atoms with van der Waals surface area (Å²) >= 11 is 5.89. The first-order valence-electron chi connectivity index (χ1n) is 11.4. The number of carbonyl (C=O) groups excluding carboxylic acids is 2. The Morgan fingerprint density at radius 3 is 2.44 bits per heavy atom. The Balaban J connectivity index is 1.58. The van der Waals surface area contributed by atoms with Gasteiger partial charge in [0.15, 0.2) is 18.1 Å². The number of rotatable bonds is 12. The number of carbonyl (C=O) groups is 2. The van der Waals surface area contributed by atoms with E-state index >= 15 is 0 Å². The van der Waals surface area contributed by atoms with Crippen LogP contribution in [-0.2, 0) is 4.79 Å². The third-order valence-corrected chi connectivity index (χ3v) is 4.84. The molecule has 0 spiro atoms. The van der Waals surface area contributed by atoms with Gasteiger partial charge in [0.2, 0.25) is 0 Å². The van der Waals surface area contributed by atoms with Crippen LogP contribution in [-0.4, -0.2) is 37.9 Å². The number of nitrogens with one attached hydrogen (secondary N) is 1. The highest BCUT2D eigenvalue weighted by Crippen LogP contribution is 2.29. The molecule has 0 aromatic heterocycles. The van der Waals surface area contributed by atoms with Gasteiger partial charge in [0.1, 0.15) is 11.5 Å². The van der Waals surface area contributed by atoms with Crippen LogP contribution in [0.2, 0.25) is 5.02 Å². The molecule has 0 saturated carbocycles. The van der Waals surface area contributed by atoms with Gasteiger partial charge in [-0.05, 0) is 79.6 Å². The SMILES string of the molecule is CCCOc1ccc(C(=O)Oc2ccc(C=NNC(=O)COc3cccc(Cl)c3)cc2OCC)cc1. The molecule has 0 heterocycles. The van der Waals surface area contributed by atoms with Gasteiger partial charge in [0.25, 0.3) is 5.91 Å². The van der Waals surface area contributed by atoms with E-state index in [1.54, 1.807) is 66.7 Å².